The summed E-state index contributed by atoms with van der Waals surface area (Å²) in [4.78, 5) is 24.5. The van der Waals surface area contributed by atoms with Gasteiger partial charge >= 0.3 is 0 Å². The zero-order valence-electron chi connectivity index (χ0n) is 10.4. The van der Waals surface area contributed by atoms with Crippen LogP contribution in [0.25, 0.3) is 0 Å². The molecule has 0 radical (unpaired) electrons. The van der Waals surface area contributed by atoms with Crippen LogP contribution >= 0.6 is 11.3 Å². The number of amides is 2. The van der Waals surface area contributed by atoms with E-state index in [2.05, 4.69) is 10.6 Å². The van der Waals surface area contributed by atoms with Crippen molar-refractivity contribution in [2.75, 3.05) is 7.05 Å². The largest absolute Gasteiger partial charge is 0.357 e. The van der Waals surface area contributed by atoms with E-state index >= 15 is 0 Å². The van der Waals surface area contributed by atoms with Crippen molar-refractivity contribution in [2.24, 2.45) is 0 Å². The highest BCUT2D eigenvalue weighted by Crippen LogP contribution is 2.15. The quantitative estimate of drug-likeness (QED) is 0.895. The van der Waals surface area contributed by atoms with Crippen LogP contribution in [0.1, 0.15) is 21.3 Å². The van der Waals surface area contributed by atoms with E-state index in [0.29, 0.717) is 4.88 Å². The molecule has 0 aliphatic carbocycles. The minimum absolute atomic E-state index is 0.240. The summed E-state index contributed by atoms with van der Waals surface area (Å²) in [5.74, 6) is -0.483. The Bertz CT molecular complexity index is 552. The molecular weight excluding hydrogens is 260 g/mol. The number of rotatable bonds is 4. The topological polar surface area (TPSA) is 58.2 Å². The first-order chi connectivity index (χ1) is 9.22. The van der Waals surface area contributed by atoms with Crippen molar-refractivity contribution in [2.45, 2.75) is 6.04 Å². The maximum absolute atomic E-state index is 12.0. The summed E-state index contributed by atoms with van der Waals surface area (Å²) < 4.78 is 0. The average Bonchev–Trinajstić information content (AvgIpc) is 2.99. The third-order valence-corrected chi connectivity index (χ3v) is 3.53. The summed E-state index contributed by atoms with van der Waals surface area (Å²) in [6.07, 6.45) is 0. The van der Waals surface area contributed by atoms with Crippen molar-refractivity contribution in [1.82, 2.24) is 10.6 Å². The first-order valence-corrected chi connectivity index (χ1v) is 6.71. The zero-order valence-corrected chi connectivity index (χ0v) is 11.2. The van der Waals surface area contributed by atoms with Crippen LogP contribution in [0.5, 0.6) is 0 Å². The van der Waals surface area contributed by atoms with E-state index in [1.807, 2.05) is 35.7 Å². The molecule has 2 aromatic rings. The average molecular weight is 274 g/mol. The number of nitrogens with one attached hydrogen (secondary N) is 2. The van der Waals surface area contributed by atoms with E-state index in [1.165, 1.54) is 11.3 Å². The molecule has 0 unspecified atom stereocenters. The Morgan fingerprint density at radius 3 is 2.42 bits per heavy atom. The lowest BCUT2D eigenvalue weighted by Gasteiger charge is -2.17. The lowest BCUT2D eigenvalue weighted by Crippen LogP contribution is -2.38. The van der Waals surface area contributed by atoms with Gasteiger partial charge in [0.2, 0.25) is 5.91 Å². The van der Waals surface area contributed by atoms with Gasteiger partial charge in [-0.05, 0) is 17.0 Å². The van der Waals surface area contributed by atoms with Crippen LogP contribution in [-0.2, 0) is 4.79 Å². The Labute approximate surface area is 115 Å². The third kappa shape index (κ3) is 3.20. The lowest BCUT2D eigenvalue weighted by atomic mass is 10.1. The Balaban J connectivity index is 2.20. The van der Waals surface area contributed by atoms with Gasteiger partial charge in [-0.25, -0.2) is 0 Å². The number of carbonyl (C=O) groups excluding carboxylic acids is 2. The zero-order chi connectivity index (χ0) is 13.7. The second-order valence-corrected chi connectivity index (χ2v) is 4.86. The smallest absolute Gasteiger partial charge is 0.262 e. The maximum Gasteiger partial charge on any atom is 0.262 e. The van der Waals surface area contributed by atoms with Crippen LogP contribution < -0.4 is 10.6 Å². The Morgan fingerprint density at radius 1 is 1.11 bits per heavy atom. The second kappa shape index (κ2) is 6.15. The number of carbonyl (C=O) groups is 2. The number of thiophene rings is 1. The van der Waals surface area contributed by atoms with Gasteiger partial charge in [-0.2, -0.15) is 0 Å². The first kappa shape index (κ1) is 13.3. The molecule has 5 heteroatoms. The van der Waals surface area contributed by atoms with Crippen LogP contribution in [0, 0.1) is 0 Å². The lowest BCUT2D eigenvalue weighted by molar-refractivity contribution is -0.122. The summed E-state index contributed by atoms with van der Waals surface area (Å²) >= 11 is 1.34. The molecule has 0 aliphatic heterocycles. The van der Waals surface area contributed by atoms with Gasteiger partial charge in [0, 0.05) is 7.05 Å². The molecule has 19 heavy (non-hydrogen) atoms. The fourth-order valence-corrected chi connectivity index (χ4v) is 2.33. The van der Waals surface area contributed by atoms with Crippen molar-refractivity contribution < 1.29 is 9.59 Å². The molecule has 1 atom stereocenters. The molecule has 0 aliphatic rings. The number of hydrogen-bond donors (Lipinski definition) is 2. The number of likely N-dealkylation sites (N-methyl/N-ethyl adjacent to an activating group) is 1. The standard InChI is InChI=1S/C14H14N2O2S/c1-15-14(18)12(10-6-3-2-4-7-10)16-13(17)11-8-5-9-19-11/h2-9,12H,1H3,(H,15,18)(H,16,17)/t12-/m1/s1. The number of benzene rings is 1. The molecule has 0 spiro atoms. The molecular formula is C14H14N2O2S. The molecule has 2 N–H and O–H groups in total. The van der Waals surface area contributed by atoms with Crippen molar-refractivity contribution in [3.63, 3.8) is 0 Å². The van der Waals surface area contributed by atoms with Crippen molar-refractivity contribution >= 4 is 23.2 Å². The van der Waals surface area contributed by atoms with E-state index < -0.39 is 6.04 Å². The third-order valence-electron chi connectivity index (χ3n) is 2.66. The van der Waals surface area contributed by atoms with Gasteiger partial charge in [0.05, 0.1) is 4.88 Å². The van der Waals surface area contributed by atoms with Crippen LogP contribution in [0.2, 0.25) is 0 Å². The molecule has 0 saturated heterocycles. The summed E-state index contributed by atoms with van der Waals surface area (Å²) in [6, 6.07) is 12.0. The Kier molecular flexibility index (Phi) is 4.30. The van der Waals surface area contributed by atoms with E-state index in [9.17, 15) is 9.59 Å². The van der Waals surface area contributed by atoms with Crippen LogP contribution in [0.4, 0.5) is 0 Å². The van der Waals surface area contributed by atoms with Gasteiger partial charge in [0.25, 0.3) is 5.91 Å². The number of hydrogen-bond acceptors (Lipinski definition) is 3. The van der Waals surface area contributed by atoms with E-state index in [-0.39, 0.29) is 11.8 Å². The van der Waals surface area contributed by atoms with E-state index in [4.69, 9.17) is 0 Å². The molecule has 0 fully saturated rings. The molecule has 98 valence electrons. The normalized spacial score (nSPS) is 11.6. The summed E-state index contributed by atoms with van der Waals surface area (Å²) in [5, 5.41) is 7.14. The fraction of sp³-hybridized carbons (Fsp3) is 0.143. The molecule has 1 heterocycles. The van der Waals surface area contributed by atoms with Gasteiger partial charge in [-0.1, -0.05) is 36.4 Å². The Hall–Kier alpha value is -2.14. The molecule has 1 aromatic heterocycles. The summed E-state index contributed by atoms with van der Waals surface area (Å²) in [5.41, 5.74) is 0.756. The summed E-state index contributed by atoms with van der Waals surface area (Å²) in [6.45, 7) is 0. The van der Waals surface area contributed by atoms with Crippen molar-refractivity contribution in [3.8, 4) is 0 Å². The predicted octanol–water partition coefficient (Wildman–Crippen LogP) is 1.97. The predicted molar refractivity (Wildman–Crippen MR) is 75.0 cm³/mol. The minimum Gasteiger partial charge on any atom is -0.357 e. The van der Waals surface area contributed by atoms with Gasteiger partial charge in [-0.3, -0.25) is 9.59 Å². The van der Waals surface area contributed by atoms with Gasteiger partial charge in [0.1, 0.15) is 6.04 Å². The maximum atomic E-state index is 12.0. The van der Waals surface area contributed by atoms with Gasteiger partial charge in [-0.15, -0.1) is 11.3 Å². The van der Waals surface area contributed by atoms with Gasteiger partial charge < -0.3 is 10.6 Å². The minimum atomic E-state index is -0.680. The van der Waals surface area contributed by atoms with E-state index in [0.717, 1.165) is 5.56 Å². The monoisotopic (exact) mass is 274 g/mol. The molecule has 4 nitrogen and oxygen atoms in total. The van der Waals surface area contributed by atoms with E-state index in [1.54, 1.807) is 19.2 Å². The highest BCUT2D eigenvalue weighted by atomic mass is 32.1. The molecule has 0 saturated carbocycles. The molecule has 0 bridgehead atoms. The molecule has 2 amide bonds. The highest BCUT2D eigenvalue weighted by molar-refractivity contribution is 7.12. The first-order valence-electron chi connectivity index (χ1n) is 5.83. The fourth-order valence-electron chi connectivity index (χ4n) is 1.70. The highest BCUT2D eigenvalue weighted by Gasteiger charge is 2.22. The van der Waals surface area contributed by atoms with Crippen molar-refractivity contribution in [3.05, 3.63) is 58.3 Å². The van der Waals surface area contributed by atoms with Crippen LogP contribution in [0.15, 0.2) is 47.8 Å². The van der Waals surface area contributed by atoms with Crippen LogP contribution in [0.3, 0.4) is 0 Å². The van der Waals surface area contributed by atoms with Crippen molar-refractivity contribution in [1.29, 1.82) is 0 Å². The SMILES string of the molecule is CNC(=O)[C@H](NC(=O)c1cccs1)c1ccccc1. The Morgan fingerprint density at radius 2 is 1.84 bits per heavy atom. The van der Waals surface area contributed by atoms with Crippen LogP contribution in [-0.4, -0.2) is 18.9 Å². The molecule has 2 rings (SSSR count). The van der Waals surface area contributed by atoms with Gasteiger partial charge in [0.15, 0.2) is 0 Å². The second-order valence-electron chi connectivity index (χ2n) is 3.91. The summed E-state index contributed by atoms with van der Waals surface area (Å²) in [7, 11) is 1.55. The molecule has 1 aromatic carbocycles.